The van der Waals surface area contributed by atoms with E-state index in [4.69, 9.17) is 4.74 Å². The summed E-state index contributed by atoms with van der Waals surface area (Å²) in [4.78, 5) is 24.3. The molecule has 1 aromatic carbocycles. The topological polar surface area (TPSA) is 48.3 Å². The fourth-order valence-electron chi connectivity index (χ4n) is 4.48. The maximum Gasteiger partial charge on any atom is 0.253 e. The Morgan fingerprint density at radius 2 is 2.04 bits per heavy atom. The number of hydrogen-bond donors (Lipinski definition) is 0. The van der Waals surface area contributed by atoms with Crippen LogP contribution in [0.1, 0.15) is 47.9 Å². The summed E-state index contributed by atoms with van der Waals surface area (Å²) in [5.74, 6) is 0.321. The fraction of sp³-hybridized carbons (Fsp3) is 0.478. The first-order chi connectivity index (χ1) is 13.0. The Balaban J connectivity index is 1.84. The first-order valence-corrected chi connectivity index (χ1v) is 9.97. The molecule has 0 radical (unpaired) electrons. The number of ketones is 1. The van der Waals surface area contributed by atoms with Crippen LogP contribution in [0.4, 0.5) is 0 Å². The minimum atomic E-state index is 0.0315. The van der Waals surface area contributed by atoms with E-state index in [9.17, 15) is 9.59 Å². The number of aryl methyl sites for hydroxylation is 3. The number of carbonyl (C=O) groups is 1. The van der Waals surface area contributed by atoms with Gasteiger partial charge in [0.1, 0.15) is 5.78 Å². The zero-order valence-corrected chi connectivity index (χ0v) is 16.2. The molecule has 4 nitrogen and oxygen atoms in total. The zero-order valence-electron chi connectivity index (χ0n) is 16.2. The number of fused-ring (bicyclic) bond motifs is 1. The number of ether oxygens (including phenoxy) is 1. The van der Waals surface area contributed by atoms with E-state index >= 15 is 0 Å². The molecule has 1 aromatic heterocycles. The van der Waals surface area contributed by atoms with Gasteiger partial charge in [-0.05, 0) is 72.9 Å². The number of Topliss-reactive ketones (excluding diaryl/α,β-unsaturated/α-hetero) is 1. The van der Waals surface area contributed by atoms with Crippen molar-refractivity contribution >= 4 is 5.78 Å². The third-order valence-corrected chi connectivity index (χ3v) is 5.95. The van der Waals surface area contributed by atoms with Crippen LogP contribution >= 0.6 is 0 Å². The van der Waals surface area contributed by atoms with Gasteiger partial charge in [0.2, 0.25) is 0 Å². The first kappa shape index (κ1) is 18.2. The maximum atomic E-state index is 12.2. The van der Waals surface area contributed by atoms with Gasteiger partial charge in [-0.15, -0.1) is 0 Å². The molecule has 27 heavy (non-hydrogen) atoms. The highest BCUT2D eigenvalue weighted by molar-refractivity contribution is 5.85. The molecule has 1 aliphatic carbocycles. The van der Waals surface area contributed by atoms with E-state index in [1.165, 1.54) is 23.1 Å². The van der Waals surface area contributed by atoms with E-state index in [1.54, 1.807) is 11.6 Å². The van der Waals surface area contributed by atoms with E-state index < -0.39 is 0 Å². The zero-order chi connectivity index (χ0) is 19.0. The van der Waals surface area contributed by atoms with Crippen LogP contribution in [0.15, 0.2) is 29.2 Å². The van der Waals surface area contributed by atoms with Gasteiger partial charge < -0.3 is 9.30 Å². The molecule has 1 aliphatic heterocycles. The smallest absolute Gasteiger partial charge is 0.253 e. The van der Waals surface area contributed by atoms with Gasteiger partial charge in [0.25, 0.3) is 5.56 Å². The molecule has 1 fully saturated rings. The van der Waals surface area contributed by atoms with Gasteiger partial charge in [-0.25, -0.2) is 0 Å². The van der Waals surface area contributed by atoms with Crippen LogP contribution in [0.2, 0.25) is 0 Å². The Kier molecular flexibility index (Phi) is 5.00. The van der Waals surface area contributed by atoms with E-state index in [2.05, 4.69) is 12.1 Å². The molecule has 142 valence electrons. The largest absolute Gasteiger partial charge is 0.378 e. The molecular formula is C23H27NO3. The summed E-state index contributed by atoms with van der Waals surface area (Å²) in [5, 5.41) is 0. The average molecular weight is 365 g/mol. The summed E-state index contributed by atoms with van der Waals surface area (Å²) in [5.41, 5.74) is 6.69. The van der Waals surface area contributed by atoms with Crippen molar-refractivity contribution in [1.82, 2.24) is 4.57 Å². The fourth-order valence-corrected chi connectivity index (χ4v) is 4.48. The van der Waals surface area contributed by atoms with Crippen LogP contribution < -0.4 is 5.56 Å². The Labute approximate surface area is 160 Å². The van der Waals surface area contributed by atoms with Gasteiger partial charge in [-0.1, -0.05) is 12.1 Å². The molecule has 1 unspecified atom stereocenters. The van der Waals surface area contributed by atoms with Crippen molar-refractivity contribution in [2.75, 3.05) is 6.61 Å². The number of pyridine rings is 1. The third-order valence-electron chi connectivity index (χ3n) is 5.95. The van der Waals surface area contributed by atoms with Crippen molar-refractivity contribution in [3.05, 3.63) is 57.0 Å². The van der Waals surface area contributed by atoms with Crippen molar-refractivity contribution in [2.24, 2.45) is 7.05 Å². The van der Waals surface area contributed by atoms with E-state index in [1.807, 2.05) is 19.2 Å². The molecule has 2 aromatic rings. The third kappa shape index (κ3) is 3.63. The van der Waals surface area contributed by atoms with Crippen LogP contribution in [0.25, 0.3) is 11.1 Å². The molecule has 2 heterocycles. The summed E-state index contributed by atoms with van der Waals surface area (Å²) in [6, 6.07) is 6.31. The summed E-state index contributed by atoms with van der Waals surface area (Å²) < 4.78 is 7.67. The van der Waals surface area contributed by atoms with Crippen LogP contribution in [0.5, 0.6) is 0 Å². The van der Waals surface area contributed by atoms with Crippen molar-refractivity contribution < 1.29 is 9.53 Å². The van der Waals surface area contributed by atoms with Crippen LogP contribution in [0, 0.1) is 6.92 Å². The molecule has 1 saturated heterocycles. The number of rotatable bonds is 3. The van der Waals surface area contributed by atoms with E-state index in [-0.39, 0.29) is 11.7 Å². The van der Waals surface area contributed by atoms with Crippen LogP contribution in [-0.4, -0.2) is 23.1 Å². The highest BCUT2D eigenvalue weighted by Crippen LogP contribution is 2.34. The predicted molar refractivity (Wildman–Crippen MR) is 106 cm³/mol. The molecule has 4 heteroatoms. The van der Waals surface area contributed by atoms with Gasteiger partial charge >= 0.3 is 0 Å². The molecule has 0 amide bonds. The SMILES string of the molecule is Cc1cc(-c2ccc3c(c2CC2CCCCO2)CC(=O)CC3)cn(C)c1=O. The summed E-state index contributed by atoms with van der Waals surface area (Å²) >= 11 is 0. The second-order valence-electron chi connectivity index (χ2n) is 7.97. The van der Waals surface area contributed by atoms with E-state index in [0.29, 0.717) is 18.6 Å². The number of aromatic nitrogens is 1. The lowest BCUT2D eigenvalue weighted by molar-refractivity contribution is -0.118. The van der Waals surface area contributed by atoms with Crippen LogP contribution in [0.3, 0.4) is 0 Å². The molecule has 0 saturated carbocycles. The van der Waals surface area contributed by atoms with Gasteiger partial charge in [0.05, 0.1) is 6.10 Å². The van der Waals surface area contributed by atoms with Gasteiger partial charge in [-0.2, -0.15) is 0 Å². The number of nitrogens with zero attached hydrogens (tertiary/aromatic N) is 1. The monoisotopic (exact) mass is 365 g/mol. The standard InChI is InChI=1S/C23H27NO3/c1-15-11-17(14-24(2)23(15)26)20-9-7-16-6-8-18(25)12-21(16)22(20)13-19-5-3-4-10-27-19/h7,9,11,14,19H,3-6,8,10,12-13H2,1-2H3. The minimum absolute atomic E-state index is 0.0315. The average Bonchev–Trinajstić information content (AvgIpc) is 2.67. The van der Waals surface area contributed by atoms with Gasteiger partial charge in [-0.3, -0.25) is 9.59 Å². The Morgan fingerprint density at radius 1 is 1.19 bits per heavy atom. The van der Waals surface area contributed by atoms with Crippen molar-refractivity contribution in [2.45, 2.75) is 58.0 Å². The molecule has 4 rings (SSSR count). The number of hydrogen-bond acceptors (Lipinski definition) is 3. The summed E-state index contributed by atoms with van der Waals surface area (Å²) in [7, 11) is 1.80. The molecule has 2 aliphatic rings. The second-order valence-corrected chi connectivity index (χ2v) is 7.97. The summed E-state index contributed by atoms with van der Waals surface area (Å²) in [6.07, 6.45) is 8.38. The van der Waals surface area contributed by atoms with Crippen molar-refractivity contribution in [3.63, 3.8) is 0 Å². The summed E-state index contributed by atoms with van der Waals surface area (Å²) in [6.45, 7) is 2.69. The quantitative estimate of drug-likeness (QED) is 0.836. The van der Waals surface area contributed by atoms with Gasteiger partial charge in [0.15, 0.2) is 0 Å². The lowest BCUT2D eigenvalue weighted by Crippen LogP contribution is -2.24. The lowest BCUT2D eigenvalue weighted by Gasteiger charge is -2.27. The number of benzene rings is 1. The Bertz CT molecular complexity index is 909. The maximum absolute atomic E-state index is 12.2. The number of carbonyl (C=O) groups excluding carboxylic acids is 1. The van der Waals surface area contributed by atoms with E-state index in [0.717, 1.165) is 49.0 Å². The predicted octanol–water partition coefficient (Wildman–Crippen LogP) is 3.53. The molecular weight excluding hydrogens is 338 g/mol. The minimum Gasteiger partial charge on any atom is -0.378 e. The van der Waals surface area contributed by atoms with Gasteiger partial charge in [0, 0.05) is 38.3 Å². The first-order valence-electron chi connectivity index (χ1n) is 9.97. The highest BCUT2D eigenvalue weighted by Gasteiger charge is 2.25. The highest BCUT2D eigenvalue weighted by atomic mass is 16.5. The van der Waals surface area contributed by atoms with Crippen molar-refractivity contribution in [1.29, 1.82) is 0 Å². The van der Waals surface area contributed by atoms with Crippen LogP contribution in [-0.2, 0) is 35.8 Å². The normalized spacial score (nSPS) is 19.8. The molecule has 0 spiro atoms. The second kappa shape index (κ2) is 7.43. The molecule has 0 N–H and O–H groups in total. The van der Waals surface area contributed by atoms with Crippen molar-refractivity contribution in [3.8, 4) is 11.1 Å². The molecule has 1 atom stereocenters. The molecule has 0 bridgehead atoms. The Morgan fingerprint density at radius 3 is 2.78 bits per heavy atom. The Hall–Kier alpha value is -2.20. The lowest BCUT2D eigenvalue weighted by atomic mass is 9.81.